The number of hydrogen-bond acceptors (Lipinski definition) is 7. The number of amides is 2. The summed E-state index contributed by atoms with van der Waals surface area (Å²) in [6.45, 7) is 1.15. The second-order valence-electron chi connectivity index (χ2n) is 9.59. The molecule has 2 amide bonds. The molecule has 0 spiro atoms. The highest BCUT2D eigenvalue weighted by molar-refractivity contribution is 5.96. The number of carbonyl (C=O) groups is 2. The fourth-order valence-electron chi connectivity index (χ4n) is 5.84. The topological polar surface area (TPSA) is 129 Å². The summed E-state index contributed by atoms with van der Waals surface area (Å²) in [5.74, 6) is -0.323. The molecule has 192 valence electrons. The Kier molecular flexibility index (Phi) is 7.98. The van der Waals surface area contributed by atoms with E-state index in [9.17, 15) is 24.9 Å². The van der Waals surface area contributed by atoms with E-state index < -0.39 is 24.2 Å². The predicted molar refractivity (Wildman–Crippen MR) is 128 cm³/mol. The van der Waals surface area contributed by atoms with Crippen LogP contribution in [0.5, 0.6) is 11.5 Å². The molecule has 35 heavy (non-hydrogen) atoms. The van der Waals surface area contributed by atoms with Crippen molar-refractivity contribution in [1.82, 2.24) is 10.2 Å². The molecule has 0 radical (unpaired) electrons. The molecule has 9 heteroatoms. The summed E-state index contributed by atoms with van der Waals surface area (Å²) in [4.78, 5) is 27.9. The lowest BCUT2D eigenvalue weighted by molar-refractivity contribution is -0.138. The van der Waals surface area contributed by atoms with Crippen LogP contribution in [0.15, 0.2) is 23.8 Å². The number of hydrogen-bond donors (Lipinski definition) is 4. The molecule has 1 saturated carbocycles. The van der Waals surface area contributed by atoms with Gasteiger partial charge in [0.25, 0.3) is 0 Å². The molecule has 0 bridgehead atoms. The van der Waals surface area contributed by atoms with Crippen LogP contribution < -0.4 is 14.8 Å². The van der Waals surface area contributed by atoms with Crippen molar-refractivity contribution < 1.29 is 34.4 Å². The minimum Gasteiger partial charge on any atom is -0.493 e. The van der Waals surface area contributed by atoms with Crippen LogP contribution in [0.25, 0.3) is 0 Å². The van der Waals surface area contributed by atoms with Crippen LogP contribution in [0.1, 0.15) is 62.5 Å². The van der Waals surface area contributed by atoms with Gasteiger partial charge in [-0.05, 0) is 36.6 Å². The van der Waals surface area contributed by atoms with Crippen LogP contribution in [0.2, 0.25) is 0 Å². The fraction of sp³-hybridized carbons (Fsp3) is 0.615. The Morgan fingerprint density at radius 3 is 2.49 bits per heavy atom. The van der Waals surface area contributed by atoms with Crippen molar-refractivity contribution in [2.24, 2.45) is 0 Å². The van der Waals surface area contributed by atoms with E-state index in [1.165, 1.54) is 14.0 Å². The number of rotatable bonds is 7. The maximum absolute atomic E-state index is 13.3. The second-order valence-corrected chi connectivity index (χ2v) is 9.59. The minimum atomic E-state index is -1.07. The van der Waals surface area contributed by atoms with Crippen LogP contribution in [-0.2, 0) is 16.2 Å². The van der Waals surface area contributed by atoms with Crippen molar-refractivity contribution in [1.29, 1.82) is 0 Å². The van der Waals surface area contributed by atoms with Gasteiger partial charge in [-0.1, -0.05) is 25.7 Å². The molecule has 0 saturated heterocycles. The monoisotopic (exact) mass is 488 g/mol. The lowest BCUT2D eigenvalue weighted by Gasteiger charge is -2.43. The standard InChI is InChI=1S/C26H36N2O7/c1-15(31)28(17-7-5-3-4-6-8-17)20-13-19(26(33)27-9-10-29)22-18-11-16(14-30)12-21(34-2)24(18)35-25(22)23(20)32/h11-13,17,20,22-23,25,29-30,32H,3-10,14H2,1-2H3,(H,27,33)/t20-,22+,23+,25+/m1/s1. The van der Waals surface area contributed by atoms with E-state index in [-0.39, 0.29) is 37.6 Å². The second kappa shape index (κ2) is 11.0. The normalized spacial score (nSPS) is 26.0. The molecule has 4 N–H and O–H groups in total. The molecule has 4 atom stereocenters. The van der Waals surface area contributed by atoms with Crippen molar-refractivity contribution >= 4 is 11.8 Å². The summed E-state index contributed by atoms with van der Waals surface area (Å²) < 4.78 is 11.7. The number of fused-ring (bicyclic) bond motifs is 3. The average Bonchev–Trinajstić information content (AvgIpc) is 3.04. The Bertz CT molecular complexity index is 971. The van der Waals surface area contributed by atoms with E-state index in [1.807, 2.05) is 0 Å². The molecule has 0 aromatic heterocycles. The SMILES string of the molecule is COc1cc(CO)cc2c1O[C@@H]1[C@@H](O)[C@H](N(C(C)=O)C3CCCCCC3)C=C(C(=O)NCCO)[C@H]21. The predicted octanol–water partition coefficient (Wildman–Crippen LogP) is 1.38. The van der Waals surface area contributed by atoms with E-state index in [4.69, 9.17) is 9.47 Å². The highest BCUT2D eigenvalue weighted by Gasteiger charge is 2.52. The Labute approximate surface area is 205 Å². The van der Waals surface area contributed by atoms with E-state index in [2.05, 4.69) is 5.32 Å². The van der Waals surface area contributed by atoms with Gasteiger partial charge in [-0.25, -0.2) is 0 Å². The molecule has 1 fully saturated rings. The summed E-state index contributed by atoms with van der Waals surface area (Å²) in [5.41, 5.74) is 1.61. The number of aliphatic hydroxyl groups is 3. The van der Waals surface area contributed by atoms with Crippen molar-refractivity contribution in [2.75, 3.05) is 20.3 Å². The first-order valence-corrected chi connectivity index (χ1v) is 12.5. The van der Waals surface area contributed by atoms with Gasteiger partial charge < -0.3 is 35.0 Å². The third-order valence-corrected chi connectivity index (χ3v) is 7.40. The number of methoxy groups -OCH3 is 1. The molecule has 1 aliphatic heterocycles. The zero-order chi connectivity index (χ0) is 25.1. The zero-order valence-electron chi connectivity index (χ0n) is 20.4. The number of nitrogens with zero attached hydrogens (tertiary/aromatic N) is 1. The Hall–Kier alpha value is -2.62. The van der Waals surface area contributed by atoms with E-state index in [0.29, 0.717) is 28.2 Å². The molecule has 9 nitrogen and oxygen atoms in total. The number of ether oxygens (including phenoxy) is 2. The van der Waals surface area contributed by atoms with Crippen LogP contribution in [0.3, 0.4) is 0 Å². The highest BCUT2D eigenvalue weighted by Crippen LogP contribution is 2.51. The van der Waals surface area contributed by atoms with E-state index in [0.717, 1.165) is 38.5 Å². The molecule has 1 heterocycles. The maximum atomic E-state index is 13.3. The van der Waals surface area contributed by atoms with E-state index >= 15 is 0 Å². The number of nitrogens with one attached hydrogen (secondary N) is 1. The van der Waals surface area contributed by atoms with Crippen molar-refractivity contribution in [2.45, 2.75) is 82.3 Å². The first kappa shape index (κ1) is 25.5. The van der Waals surface area contributed by atoms with Gasteiger partial charge in [0.2, 0.25) is 11.8 Å². The average molecular weight is 489 g/mol. The van der Waals surface area contributed by atoms with Gasteiger partial charge in [-0.2, -0.15) is 0 Å². The van der Waals surface area contributed by atoms with Crippen LogP contribution in [0, 0.1) is 0 Å². The minimum absolute atomic E-state index is 0.0245. The lowest BCUT2D eigenvalue weighted by Crippen LogP contribution is -2.58. The Morgan fingerprint density at radius 2 is 1.89 bits per heavy atom. The summed E-state index contributed by atoms with van der Waals surface area (Å²) in [5, 5.41) is 33.3. The first-order valence-electron chi connectivity index (χ1n) is 12.5. The zero-order valence-corrected chi connectivity index (χ0v) is 20.4. The van der Waals surface area contributed by atoms with E-state index in [1.54, 1.807) is 23.1 Å². The largest absolute Gasteiger partial charge is 0.493 e. The summed E-state index contributed by atoms with van der Waals surface area (Å²) >= 11 is 0. The molecule has 0 unspecified atom stereocenters. The van der Waals surface area contributed by atoms with Gasteiger partial charge in [0.15, 0.2) is 11.5 Å². The quantitative estimate of drug-likeness (QED) is 0.427. The first-order chi connectivity index (χ1) is 16.9. The number of aliphatic hydroxyl groups excluding tert-OH is 3. The molecule has 3 aliphatic rings. The summed E-state index contributed by atoms with van der Waals surface area (Å²) in [7, 11) is 1.50. The summed E-state index contributed by atoms with van der Waals surface area (Å²) in [6, 6.07) is 2.67. The third-order valence-electron chi connectivity index (χ3n) is 7.40. The molecular formula is C26H36N2O7. The smallest absolute Gasteiger partial charge is 0.247 e. The number of benzene rings is 1. The molecule has 1 aromatic rings. The van der Waals surface area contributed by atoms with Gasteiger partial charge in [-0.3, -0.25) is 9.59 Å². The lowest BCUT2D eigenvalue weighted by atomic mass is 9.76. The van der Waals surface area contributed by atoms with Gasteiger partial charge in [0.1, 0.15) is 12.2 Å². The number of carbonyl (C=O) groups excluding carboxylic acids is 2. The van der Waals surface area contributed by atoms with Crippen LogP contribution in [0.4, 0.5) is 0 Å². The third kappa shape index (κ3) is 4.90. The van der Waals surface area contributed by atoms with Gasteiger partial charge >= 0.3 is 0 Å². The Morgan fingerprint density at radius 1 is 1.17 bits per heavy atom. The molecule has 1 aromatic carbocycles. The van der Waals surface area contributed by atoms with Gasteiger partial charge in [0.05, 0.1) is 32.3 Å². The molecule has 2 aliphatic carbocycles. The van der Waals surface area contributed by atoms with Crippen LogP contribution >= 0.6 is 0 Å². The maximum Gasteiger partial charge on any atom is 0.247 e. The molecule has 4 rings (SSSR count). The van der Waals surface area contributed by atoms with Crippen molar-refractivity contribution in [3.05, 3.63) is 34.9 Å². The van der Waals surface area contributed by atoms with Gasteiger partial charge in [0, 0.05) is 30.6 Å². The van der Waals surface area contributed by atoms with Gasteiger partial charge in [-0.15, -0.1) is 0 Å². The van der Waals surface area contributed by atoms with Crippen molar-refractivity contribution in [3.63, 3.8) is 0 Å². The Balaban J connectivity index is 1.80. The summed E-state index contributed by atoms with van der Waals surface area (Å²) in [6.07, 6.45) is 5.78. The highest BCUT2D eigenvalue weighted by atomic mass is 16.5. The van der Waals surface area contributed by atoms with Crippen molar-refractivity contribution in [3.8, 4) is 11.5 Å². The fourth-order valence-corrected chi connectivity index (χ4v) is 5.84. The molecular weight excluding hydrogens is 452 g/mol. The van der Waals surface area contributed by atoms with Crippen LogP contribution in [-0.4, -0.2) is 76.6 Å².